The summed E-state index contributed by atoms with van der Waals surface area (Å²) < 4.78 is 0. The summed E-state index contributed by atoms with van der Waals surface area (Å²) in [6.45, 7) is 3.83. The third kappa shape index (κ3) is 2.79. The third-order valence-corrected chi connectivity index (χ3v) is 4.59. The summed E-state index contributed by atoms with van der Waals surface area (Å²) in [5.41, 5.74) is -0.649. The predicted octanol–water partition coefficient (Wildman–Crippen LogP) is 3.80. The smallest absolute Gasteiger partial charge is 0.123 e. The van der Waals surface area contributed by atoms with E-state index in [2.05, 4.69) is 0 Å². The number of aliphatic hydroxyl groups is 1. The first-order chi connectivity index (χ1) is 8.53. The van der Waals surface area contributed by atoms with Crippen LogP contribution in [0.4, 0.5) is 0 Å². The number of thioether (sulfide) groups is 1. The maximum absolute atomic E-state index is 10.0. The molecule has 0 aliphatic rings. The highest BCUT2D eigenvalue weighted by molar-refractivity contribution is 7.99. The molecule has 0 aliphatic carbocycles. The van der Waals surface area contributed by atoms with Crippen LogP contribution in [0.1, 0.15) is 20.3 Å². The Bertz CT molecular complexity index is 549. The Balaban J connectivity index is 2.32. The molecular formula is C15H18O2S. The Morgan fingerprint density at radius 2 is 1.78 bits per heavy atom. The normalized spacial score (nSPS) is 14.6. The molecule has 0 bridgehead atoms. The predicted molar refractivity (Wildman–Crippen MR) is 77.3 cm³/mol. The molecule has 2 aromatic rings. The van der Waals surface area contributed by atoms with Crippen LogP contribution in [0.25, 0.3) is 10.8 Å². The number of hydrogen-bond acceptors (Lipinski definition) is 3. The Labute approximate surface area is 112 Å². The zero-order valence-electron chi connectivity index (χ0n) is 10.7. The molecule has 2 rings (SSSR count). The molecule has 0 amide bonds. The Morgan fingerprint density at radius 1 is 1.11 bits per heavy atom. The number of hydrogen-bond donors (Lipinski definition) is 2. The van der Waals surface area contributed by atoms with Crippen molar-refractivity contribution in [1.29, 1.82) is 0 Å². The van der Waals surface area contributed by atoms with Gasteiger partial charge in [0.05, 0.1) is 5.60 Å². The van der Waals surface area contributed by atoms with Crippen LogP contribution >= 0.6 is 11.8 Å². The van der Waals surface area contributed by atoms with Crippen molar-refractivity contribution in [3.63, 3.8) is 0 Å². The lowest BCUT2D eigenvalue weighted by Crippen LogP contribution is -2.25. The molecule has 0 fully saturated rings. The van der Waals surface area contributed by atoms with E-state index in [0.717, 1.165) is 22.1 Å². The van der Waals surface area contributed by atoms with E-state index in [0.29, 0.717) is 11.5 Å². The highest BCUT2D eigenvalue weighted by Crippen LogP contribution is 2.34. The van der Waals surface area contributed by atoms with E-state index in [1.54, 1.807) is 17.8 Å². The molecule has 2 aromatic carbocycles. The molecule has 2 nitrogen and oxygen atoms in total. The fourth-order valence-electron chi connectivity index (χ4n) is 1.72. The summed E-state index contributed by atoms with van der Waals surface area (Å²) in [6, 6.07) is 11.4. The van der Waals surface area contributed by atoms with E-state index in [1.165, 1.54) is 0 Å². The van der Waals surface area contributed by atoms with Crippen LogP contribution in [0.3, 0.4) is 0 Å². The Kier molecular flexibility index (Phi) is 3.83. The van der Waals surface area contributed by atoms with Gasteiger partial charge >= 0.3 is 0 Å². The maximum atomic E-state index is 10.0. The monoisotopic (exact) mass is 262 g/mol. The summed E-state index contributed by atoms with van der Waals surface area (Å²) in [7, 11) is 0. The van der Waals surface area contributed by atoms with E-state index < -0.39 is 5.60 Å². The van der Waals surface area contributed by atoms with Crippen LogP contribution in [-0.4, -0.2) is 21.6 Å². The van der Waals surface area contributed by atoms with Gasteiger partial charge in [0, 0.05) is 16.0 Å². The van der Waals surface area contributed by atoms with E-state index in [1.807, 2.05) is 44.2 Å². The zero-order valence-corrected chi connectivity index (χ0v) is 11.5. The second-order valence-electron chi connectivity index (χ2n) is 4.77. The second kappa shape index (κ2) is 5.21. The summed E-state index contributed by atoms with van der Waals surface area (Å²) in [5.74, 6) is 0.954. The molecule has 0 aliphatic heterocycles. The molecule has 0 aromatic heterocycles. The molecule has 1 atom stereocenters. The molecule has 0 spiro atoms. The molecule has 1 unspecified atom stereocenters. The summed E-state index contributed by atoms with van der Waals surface area (Å²) in [6.07, 6.45) is 0.732. The lowest BCUT2D eigenvalue weighted by molar-refractivity contribution is 0.0816. The first-order valence-electron chi connectivity index (χ1n) is 6.09. The van der Waals surface area contributed by atoms with Gasteiger partial charge < -0.3 is 10.2 Å². The first-order valence-corrected chi connectivity index (χ1v) is 7.08. The number of phenolic OH excluding ortho intramolecular Hbond substituents is 1. The van der Waals surface area contributed by atoms with Crippen LogP contribution in [0.15, 0.2) is 41.3 Å². The first kappa shape index (κ1) is 13.2. The number of benzene rings is 2. The van der Waals surface area contributed by atoms with Gasteiger partial charge in [-0.2, -0.15) is 0 Å². The molecule has 3 heteroatoms. The van der Waals surface area contributed by atoms with Crippen molar-refractivity contribution in [3.8, 4) is 5.75 Å². The van der Waals surface area contributed by atoms with Crippen LogP contribution < -0.4 is 0 Å². The number of fused-ring (bicyclic) bond motifs is 1. The van der Waals surface area contributed by atoms with Gasteiger partial charge in [-0.15, -0.1) is 11.8 Å². The lowest BCUT2D eigenvalue weighted by atomic mass is 10.1. The van der Waals surface area contributed by atoms with Crippen LogP contribution in [0.5, 0.6) is 5.75 Å². The summed E-state index contributed by atoms with van der Waals surface area (Å²) in [4.78, 5) is 1.09. The van der Waals surface area contributed by atoms with Crippen molar-refractivity contribution in [2.75, 3.05) is 5.75 Å². The molecule has 0 saturated carbocycles. The highest BCUT2D eigenvalue weighted by Gasteiger charge is 2.18. The van der Waals surface area contributed by atoms with Gasteiger partial charge in [-0.1, -0.05) is 31.2 Å². The van der Waals surface area contributed by atoms with Crippen molar-refractivity contribution < 1.29 is 10.2 Å². The van der Waals surface area contributed by atoms with Crippen molar-refractivity contribution in [2.45, 2.75) is 30.8 Å². The van der Waals surface area contributed by atoms with Gasteiger partial charge in [0.2, 0.25) is 0 Å². The average molecular weight is 262 g/mol. The minimum absolute atomic E-state index is 0.303. The van der Waals surface area contributed by atoms with Crippen LogP contribution in [-0.2, 0) is 0 Å². The quantitative estimate of drug-likeness (QED) is 0.823. The zero-order chi connectivity index (χ0) is 13.2. The van der Waals surface area contributed by atoms with Gasteiger partial charge in [-0.05, 0) is 30.9 Å². The highest BCUT2D eigenvalue weighted by atomic mass is 32.2. The van der Waals surface area contributed by atoms with E-state index in [-0.39, 0.29) is 0 Å². The Hall–Kier alpha value is -1.19. The Morgan fingerprint density at radius 3 is 2.44 bits per heavy atom. The van der Waals surface area contributed by atoms with Gasteiger partial charge in [0.25, 0.3) is 0 Å². The van der Waals surface area contributed by atoms with Crippen molar-refractivity contribution in [1.82, 2.24) is 0 Å². The van der Waals surface area contributed by atoms with Gasteiger partial charge in [-0.3, -0.25) is 0 Å². The third-order valence-electron chi connectivity index (χ3n) is 3.16. The topological polar surface area (TPSA) is 40.5 Å². The van der Waals surface area contributed by atoms with Crippen molar-refractivity contribution in [2.24, 2.45) is 0 Å². The molecule has 96 valence electrons. The van der Waals surface area contributed by atoms with Crippen LogP contribution in [0.2, 0.25) is 0 Å². The summed E-state index contributed by atoms with van der Waals surface area (Å²) >= 11 is 1.63. The van der Waals surface area contributed by atoms with Gasteiger partial charge in [-0.25, -0.2) is 0 Å². The van der Waals surface area contributed by atoms with Gasteiger partial charge in [0.15, 0.2) is 0 Å². The minimum Gasteiger partial charge on any atom is -0.507 e. The molecule has 0 heterocycles. The molecule has 2 N–H and O–H groups in total. The van der Waals surface area contributed by atoms with E-state index in [9.17, 15) is 10.2 Å². The minimum atomic E-state index is -0.649. The SMILES string of the molecule is CCC(C)(O)CSc1ccc(O)c2ccccc12. The summed E-state index contributed by atoms with van der Waals surface area (Å²) in [5, 5.41) is 21.7. The molecule has 18 heavy (non-hydrogen) atoms. The molecular weight excluding hydrogens is 244 g/mol. The number of aromatic hydroxyl groups is 1. The largest absolute Gasteiger partial charge is 0.507 e. The number of phenols is 1. The van der Waals surface area contributed by atoms with Crippen molar-refractivity contribution >= 4 is 22.5 Å². The maximum Gasteiger partial charge on any atom is 0.123 e. The van der Waals surface area contributed by atoms with Crippen molar-refractivity contribution in [3.05, 3.63) is 36.4 Å². The molecule has 0 radical (unpaired) electrons. The fraction of sp³-hybridized carbons (Fsp3) is 0.333. The van der Waals surface area contributed by atoms with E-state index >= 15 is 0 Å². The standard InChI is InChI=1S/C15H18O2S/c1-3-15(2,17)10-18-14-9-8-13(16)11-6-4-5-7-12(11)14/h4-9,16-17H,3,10H2,1-2H3. The molecule has 0 saturated heterocycles. The fourth-order valence-corrected chi connectivity index (χ4v) is 2.89. The average Bonchev–Trinajstić information content (AvgIpc) is 2.38. The van der Waals surface area contributed by atoms with E-state index in [4.69, 9.17) is 0 Å². The lowest BCUT2D eigenvalue weighted by Gasteiger charge is -2.21. The number of rotatable bonds is 4. The second-order valence-corrected chi connectivity index (χ2v) is 5.78. The van der Waals surface area contributed by atoms with Gasteiger partial charge in [0.1, 0.15) is 5.75 Å². The van der Waals surface area contributed by atoms with Crippen LogP contribution in [0, 0.1) is 0 Å².